The molecule has 3 heterocycles. The van der Waals surface area contributed by atoms with Crippen molar-refractivity contribution in [3.63, 3.8) is 0 Å². The van der Waals surface area contributed by atoms with Crippen LogP contribution in [0.4, 0.5) is 13.2 Å². The summed E-state index contributed by atoms with van der Waals surface area (Å²) < 4.78 is 37.3. The molecule has 1 N–H and O–H groups in total. The first kappa shape index (κ1) is 15.2. The quantitative estimate of drug-likeness (QED) is 0.781. The van der Waals surface area contributed by atoms with Crippen molar-refractivity contribution in [2.24, 2.45) is 0 Å². The van der Waals surface area contributed by atoms with Crippen LogP contribution in [0.25, 0.3) is 11.1 Å². The van der Waals surface area contributed by atoms with Gasteiger partial charge in [0.25, 0.3) is 0 Å². The zero-order valence-corrected chi connectivity index (χ0v) is 12.9. The van der Waals surface area contributed by atoms with E-state index in [0.717, 1.165) is 34.5 Å². The number of aromatic amines is 1. The highest BCUT2D eigenvalue weighted by molar-refractivity contribution is 5.79. The summed E-state index contributed by atoms with van der Waals surface area (Å²) in [5, 5.41) is 0. The highest BCUT2D eigenvalue weighted by Gasteiger charge is 2.37. The maximum Gasteiger partial charge on any atom is 0.397 e. The van der Waals surface area contributed by atoms with Crippen molar-refractivity contribution in [1.82, 2.24) is 14.9 Å². The standard InChI is InChI=1S/C17H16F3N3O/c18-17(19,20)8-15(24)23-6-3-10(9-23)11-1-4-22-14-7-13-12(16(11)14)2-5-21-13/h1-2,4-5,10,21H,3,6-9H2. The average molecular weight is 335 g/mol. The molecule has 24 heavy (non-hydrogen) atoms. The fourth-order valence-corrected chi connectivity index (χ4v) is 3.78. The summed E-state index contributed by atoms with van der Waals surface area (Å²) in [5.41, 5.74) is 5.40. The van der Waals surface area contributed by atoms with Crippen molar-refractivity contribution in [3.05, 3.63) is 41.5 Å². The predicted octanol–water partition coefficient (Wildman–Crippen LogP) is 3.25. The number of hydrogen-bond acceptors (Lipinski definition) is 2. The highest BCUT2D eigenvalue weighted by Crippen LogP contribution is 2.42. The number of halogens is 3. The van der Waals surface area contributed by atoms with Crippen LogP contribution in [-0.2, 0) is 11.2 Å². The van der Waals surface area contributed by atoms with Crippen molar-refractivity contribution in [1.29, 1.82) is 0 Å². The van der Waals surface area contributed by atoms with Gasteiger partial charge in [-0.15, -0.1) is 0 Å². The maximum absolute atomic E-state index is 12.4. The van der Waals surface area contributed by atoms with E-state index in [4.69, 9.17) is 0 Å². The van der Waals surface area contributed by atoms with Crippen molar-refractivity contribution in [2.45, 2.75) is 31.4 Å². The van der Waals surface area contributed by atoms with Gasteiger partial charge in [-0.3, -0.25) is 9.78 Å². The monoisotopic (exact) mass is 335 g/mol. The molecule has 1 atom stereocenters. The second-order valence-electron chi connectivity index (χ2n) is 6.39. The SMILES string of the molecule is O=C(CC(F)(F)F)N1CCC(c2ccnc3c2-c2cc[nH]c2C3)C1. The van der Waals surface area contributed by atoms with E-state index < -0.39 is 18.5 Å². The van der Waals surface area contributed by atoms with Gasteiger partial charge in [-0.1, -0.05) is 0 Å². The molecule has 1 saturated heterocycles. The number of carbonyl (C=O) groups is 1. The molecule has 7 heteroatoms. The van der Waals surface area contributed by atoms with Gasteiger partial charge in [-0.05, 0) is 24.1 Å². The molecule has 2 aromatic rings. The minimum atomic E-state index is -4.45. The van der Waals surface area contributed by atoms with E-state index >= 15 is 0 Å². The van der Waals surface area contributed by atoms with Gasteiger partial charge in [0.15, 0.2) is 0 Å². The lowest BCUT2D eigenvalue weighted by Crippen LogP contribution is -2.32. The maximum atomic E-state index is 12.4. The molecule has 0 spiro atoms. The molecule has 1 amide bonds. The summed E-state index contributed by atoms with van der Waals surface area (Å²) in [6.45, 7) is 0.710. The summed E-state index contributed by atoms with van der Waals surface area (Å²) in [4.78, 5) is 20.8. The summed E-state index contributed by atoms with van der Waals surface area (Å²) >= 11 is 0. The van der Waals surface area contributed by atoms with Gasteiger partial charge < -0.3 is 9.88 Å². The Morgan fingerprint density at radius 3 is 3.00 bits per heavy atom. The number of H-pyrrole nitrogens is 1. The van der Waals surface area contributed by atoms with Gasteiger partial charge >= 0.3 is 6.18 Å². The zero-order chi connectivity index (χ0) is 16.9. The van der Waals surface area contributed by atoms with Crippen LogP contribution in [0.3, 0.4) is 0 Å². The first-order valence-electron chi connectivity index (χ1n) is 7.91. The smallest absolute Gasteiger partial charge is 0.364 e. The molecule has 126 valence electrons. The Kier molecular flexibility index (Phi) is 3.40. The van der Waals surface area contributed by atoms with Gasteiger partial charge in [-0.25, -0.2) is 0 Å². The van der Waals surface area contributed by atoms with Crippen molar-refractivity contribution < 1.29 is 18.0 Å². The Balaban J connectivity index is 1.58. The van der Waals surface area contributed by atoms with Crippen LogP contribution in [0, 0.1) is 0 Å². The number of nitrogens with zero attached hydrogens (tertiary/aromatic N) is 2. The van der Waals surface area contributed by atoms with E-state index in [-0.39, 0.29) is 5.92 Å². The number of likely N-dealkylation sites (tertiary alicyclic amines) is 1. The number of hydrogen-bond donors (Lipinski definition) is 1. The molecular weight excluding hydrogens is 319 g/mol. The molecular formula is C17H16F3N3O. The summed E-state index contributed by atoms with van der Waals surface area (Å²) in [6.07, 6.45) is -0.767. The van der Waals surface area contributed by atoms with Crippen molar-refractivity contribution in [3.8, 4) is 11.1 Å². The number of fused-ring (bicyclic) bond motifs is 3. The topological polar surface area (TPSA) is 49.0 Å². The van der Waals surface area contributed by atoms with Crippen LogP contribution in [0.5, 0.6) is 0 Å². The third-order valence-electron chi connectivity index (χ3n) is 4.84. The van der Waals surface area contributed by atoms with E-state index in [1.54, 1.807) is 6.20 Å². The third-order valence-corrected chi connectivity index (χ3v) is 4.84. The molecule has 1 fully saturated rings. The lowest BCUT2D eigenvalue weighted by Gasteiger charge is -2.19. The van der Waals surface area contributed by atoms with Crippen LogP contribution in [0.1, 0.15) is 35.7 Å². The molecule has 0 radical (unpaired) electrons. The number of rotatable bonds is 2. The summed E-state index contributed by atoms with van der Waals surface area (Å²) in [5.74, 6) is -0.780. The van der Waals surface area contributed by atoms with Crippen LogP contribution in [0.2, 0.25) is 0 Å². The molecule has 4 rings (SSSR count). The van der Waals surface area contributed by atoms with Crippen LogP contribution < -0.4 is 0 Å². The van der Waals surface area contributed by atoms with Crippen LogP contribution in [0.15, 0.2) is 24.5 Å². The van der Waals surface area contributed by atoms with Crippen molar-refractivity contribution in [2.75, 3.05) is 13.1 Å². The second kappa shape index (κ2) is 5.36. The van der Waals surface area contributed by atoms with Gasteiger partial charge in [0.2, 0.25) is 5.91 Å². The predicted molar refractivity (Wildman–Crippen MR) is 81.4 cm³/mol. The van der Waals surface area contributed by atoms with E-state index in [9.17, 15) is 18.0 Å². The number of carbonyl (C=O) groups excluding carboxylic acids is 1. The highest BCUT2D eigenvalue weighted by atomic mass is 19.4. The molecule has 0 aromatic carbocycles. The molecule has 1 aliphatic heterocycles. The summed E-state index contributed by atoms with van der Waals surface area (Å²) in [6, 6.07) is 3.94. The minimum absolute atomic E-state index is 0.0554. The van der Waals surface area contributed by atoms with Crippen molar-refractivity contribution >= 4 is 5.91 Å². The molecule has 4 nitrogen and oxygen atoms in total. The van der Waals surface area contributed by atoms with Crippen LogP contribution in [-0.4, -0.2) is 40.0 Å². The van der Waals surface area contributed by atoms with E-state index in [2.05, 4.69) is 9.97 Å². The number of aromatic nitrogens is 2. The molecule has 1 aliphatic carbocycles. The Morgan fingerprint density at radius 2 is 2.21 bits per heavy atom. The largest absolute Gasteiger partial charge is 0.397 e. The molecule has 2 aliphatic rings. The second-order valence-corrected chi connectivity index (χ2v) is 6.39. The number of nitrogens with one attached hydrogen (secondary N) is 1. The molecule has 0 saturated carbocycles. The lowest BCUT2D eigenvalue weighted by molar-refractivity contribution is -0.160. The summed E-state index contributed by atoms with van der Waals surface area (Å²) in [7, 11) is 0. The first-order valence-corrected chi connectivity index (χ1v) is 7.91. The fourth-order valence-electron chi connectivity index (χ4n) is 3.78. The molecule has 2 aromatic heterocycles. The molecule has 0 bridgehead atoms. The van der Waals surface area contributed by atoms with Gasteiger partial charge in [0.05, 0.1) is 5.69 Å². The fraction of sp³-hybridized carbons (Fsp3) is 0.412. The lowest BCUT2D eigenvalue weighted by atomic mass is 9.92. The van der Waals surface area contributed by atoms with Gasteiger partial charge in [-0.2, -0.15) is 13.2 Å². The Labute approximate surface area is 136 Å². The Morgan fingerprint density at radius 1 is 1.38 bits per heavy atom. The van der Waals surface area contributed by atoms with Gasteiger partial charge in [0.1, 0.15) is 6.42 Å². The molecule has 1 unspecified atom stereocenters. The van der Waals surface area contributed by atoms with E-state index in [1.807, 2.05) is 18.3 Å². The van der Waals surface area contributed by atoms with E-state index in [1.165, 1.54) is 4.90 Å². The minimum Gasteiger partial charge on any atom is -0.364 e. The normalized spacial score (nSPS) is 19.5. The number of alkyl halides is 3. The Bertz CT molecular complexity index is 797. The zero-order valence-electron chi connectivity index (χ0n) is 12.9. The Hall–Kier alpha value is -2.31. The third kappa shape index (κ3) is 2.57. The van der Waals surface area contributed by atoms with Crippen LogP contribution >= 0.6 is 0 Å². The van der Waals surface area contributed by atoms with E-state index in [0.29, 0.717) is 19.5 Å². The van der Waals surface area contributed by atoms with Gasteiger partial charge in [0, 0.05) is 54.6 Å². The average Bonchev–Trinajstić information content (AvgIpc) is 3.20. The first-order chi connectivity index (χ1) is 11.4. The number of amides is 1. The number of pyridine rings is 1.